The van der Waals surface area contributed by atoms with E-state index in [2.05, 4.69) is 5.32 Å². The SMILES string of the molecule is Cc1cc(/C=C(\C#N)C(=O)Nc2cccc(C(=O)[O-])c2)c(C)n1-c1ccc(Cl)cc1. The molecule has 0 atom stereocenters. The van der Waals surface area contributed by atoms with Crippen molar-refractivity contribution in [3.63, 3.8) is 0 Å². The first-order chi connectivity index (χ1) is 14.3. The number of carbonyl (C=O) groups excluding carboxylic acids is 2. The monoisotopic (exact) mass is 418 g/mol. The number of nitrogens with one attached hydrogen (secondary N) is 1. The molecule has 150 valence electrons. The third-order valence-electron chi connectivity index (χ3n) is 4.58. The van der Waals surface area contributed by atoms with Crippen LogP contribution in [0.15, 0.2) is 60.2 Å². The Morgan fingerprint density at radius 2 is 1.83 bits per heavy atom. The fourth-order valence-electron chi connectivity index (χ4n) is 3.15. The fraction of sp³-hybridized carbons (Fsp3) is 0.0870. The molecule has 3 aromatic rings. The number of hydrogen-bond donors (Lipinski definition) is 1. The van der Waals surface area contributed by atoms with Crippen LogP contribution in [0.2, 0.25) is 5.02 Å². The van der Waals surface area contributed by atoms with Gasteiger partial charge in [0.05, 0.1) is 5.97 Å². The number of benzene rings is 2. The van der Waals surface area contributed by atoms with Gasteiger partial charge in [0.1, 0.15) is 11.6 Å². The van der Waals surface area contributed by atoms with Crippen molar-refractivity contribution >= 4 is 35.2 Å². The van der Waals surface area contributed by atoms with Gasteiger partial charge in [0.15, 0.2) is 0 Å². The van der Waals surface area contributed by atoms with Crippen molar-refractivity contribution in [2.45, 2.75) is 13.8 Å². The molecule has 0 bridgehead atoms. The first kappa shape index (κ1) is 20.9. The molecule has 2 aromatic carbocycles. The number of hydrogen-bond acceptors (Lipinski definition) is 4. The first-order valence-corrected chi connectivity index (χ1v) is 9.37. The van der Waals surface area contributed by atoms with Gasteiger partial charge in [0.2, 0.25) is 0 Å². The summed E-state index contributed by atoms with van der Waals surface area (Å²) >= 11 is 5.96. The number of carbonyl (C=O) groups is 2. The first-order valence-electron chi connectivity index (χ1n) is 8.99. The van der Waals surface area contributed by atoms with E-state index in [1.54, 1.807) is 12.1 Å². The Bertz CT molecular complexity index is 1200. The standard InChI is InChI=1S/C23H18ClN3O3/c1-14-10-17(15(2)27(14)21-8-6-19(24)7-9-21)11-18(13-25)22(28)26-20-5-3-4-16(12-20)23(29)30/h3-12H,1-2H3,(H,26,28)(H,29,30)/p-1/b18-11+. The summed E-state index contributed by atoms with van der Waals surface area (Å²) in [6.45, 7) is 3.82. The molecule has 6 nitrogen and oxygen atoms in total. The molecule has 0 aliphatic carbocycles. The predicted octanol–water partition coefficient (Wildman–Crippen LogP) is 3.66. The van der Waals surface area contributed by atoms with Crippen LogP contribution in [0.25, 0.3) is 11.8 Å². The number of halogens is 1. The summed E-state index contributed by atoms with van der Waals surface area (Å²) in [5, 5.41) is 23.6. The Balaban J connectivity index is 1.91. The van der Waals surface area contributed by atoms with Gasteiger partial charge in [0, 0.05) is 27.8 Å². The summed E-state index contributed by atoms with van der Waals surface area (Å²) in [5.41, 5.74) is 3.50. The average Bonchev–Trinajstić information content (AvgIpc) is 3.00. The van der Waals surface area contributed by atoms with Crippen molar-refractivity contribution in [3.05, 3.63) is 87.7 Å². The van der Waals surface area contributed by atoms with E-state index in [-0.39, 0.29) is 16.8 Å². The lowest BCUT2D eigenvalue weighted by molar-refractivity contribution is -0.255. The van der Waals surface area contributed by atoms with Crippen molar-refractivity contribution < 1.29 is 14.7 Å². The molecule has 1 amide bonds. The minimum absolute atomic E-state index is 0.0678. The number of aromatic carboxylic acids is 1. The number of amides is 1. The smallest absolute Gasteiger partial charge is 0.266 e. The van der Waals surface area contributed by atoms with Crippen LogP contribution in [0, 0.1) is 25.2 Å². The van der Waals surface area contributed by atoms with E-state index in [1.165, 1.54) is 30.3 Å². The van der Waals surface area contributed by atoms with Crippen LogP contribution in [0.4, 0.5) is 5.69 Å². The molecule has 0 radical (unpaired) electrons. The van der Waals surface area contributed by atoms with Crippen LogP contribution in [-0.4, -0.2) is 16.4 Å². The summed E-state index contributed by atoms with van der Waals surface area (Å²) in [7, 11) is 0. The maximum Gasteiger partial charge on any atom is 0.266 e. The van der Waals surface area contributed by atoms with E-state index in [9.17, 15) is 20.0 Å². The minimum Gasteiger partial charge on any atom is -0.545 e. The minimum atomic E-state index is -1.35. The van der Waals surface area contributed by atoms with Crippen LogP contribution < -0.4 is 10.4 Å². The highest BCUT2D eigenvalue weighted by atomic mass is 35.5. The number of aromatic nitrogens is 1. The van der Waals surface area contributed by atoms with Crippen LogP contribution in [-0.2, 0) is 4.79 Å². The quantitative estimate of drug-likeness (QED) is 0.505. The van der Waals surface area contributed by atoms with Crippen molar-refractivity contribution in [2.24, 2.45) is 0 Å². The van der Waals surface area contributed by atoms with Gasteiger partial charge in [-0.3, -0.25) is 4.79 Å². The van der Waals surface area contributed by atoms with Crippen molar-refractivity contribution in [1.82, 2.24) is 4.57 Å². The Kier molecular flexibility index (Phi) is 6.05. The summed E-state index contributed by atoms with van der Waals surface area (Å²) in [6.07, 6.45) is 1.51. The zero-order valence-electron chi connectivity index (χ0n) is 16.3. The van der Waals surface area contributed by atoms with Crippen LogP contribution in [0.5, 0.6) is 0 Å². The summed E-state index contributed by atoms with van der Waals surface area (Å²) in [4.78, 5) is 23.5. The van der Waals surface area contributed by atoms with Gasteiger partial charge >= 0.3 is 0 Å². The van der Waals surface area contributed by atoms with E-state index in [4.69, 9.17) is 11.6 Å². The lowest BCUT2D eigenvalue weighted by Gasteiger charge is -2.10. The Morgan fingerprint density at radius 3 is 2.47 bits per heavy atom. The molecule has 1 aromatic heterocycles. The highest BCUT2D eigenvalue weighted by Crippen LogP contribution is 2.24. The largest absolute Gasteiger partial charge is 0.545 e. The lowest BCUT2D eigenvalue weighted by atomic mass is 10.1. The molecule has 30 heavy (non-hydrogen) atoms. The maximum atomic E-state index is 12.6. The fourth-order valence-corrected chi connectivity index (χ4v) is 3.27. The highest BCUT2D eigenvalue weighted by molar-refractivity contribution is 6.30. The number of aryl methyl sites for hydroxylation is 1. The van der Waals surface area contributed by atoms with E-state index in [0.29, 0.717) is 5.02 Å². The molecule has 3 rings (SSSR count). The van der Waals surface area contributed by atoms with Gasteiger partial charge < -0.3 is 19.8 Å². The third-order valence-corrected chi connectivity index (χ3v) is 4.83. The average molecular weight is 419 g/mol. The summed E-state index contributed by atoms with van der Waals surface area (Å²) < 4.78 is 2.00. The predicted molar refractivity (Wildman–Crippen MR) is 113 cm³/mol. The van der Waals surface area contributed by atoms with Gasteiger partial charge in [-0.15, -0.1) is 0 Å². The summed E-state index contributed by atoms with van der Waals surface area (Å²) in [6, 6.07) is 16.8. The van der Waals surface area contributed by atoms with Crippen LogP contribution >= 0.6 is 11.6 Å². The second kappa shape index (κ2) is 8.68. The molecule has 0 fully saturated rings. The normalized spacial score (nSPS) is 11.1. The number of anilines is 1. The van der Waals surface area contributed by atoms with Gasteiger partial charge in [-0.05, 0) is 73.5 Å². The zero-order valence-corrected chi connectivity index (χ0v) is 17.0. The second-order valence-corrected chi connectivity index (χ2v) is 7.07. The van der Waals surface area contributed by atoms with Crippen molar-refractivity contribution in [2.75, 3.05) is 5.32 Å². The molecule has 0 saturated carbocycles. The number of nitrogens with zero attached hydrogens (tertiary/aromatic N) is 2. The Labute approximate surface area is 178 Å². The number of carboxylic acid groups (broad SMARTS) is 1. The van der Waals surface area contributed by atoms with Gasteiger partial charge in [-0.25, -0.2) is 0 Å². The molecular weight excluding hydrogens is 402 g/mol. The second-order valence-electron chi connectivity index (χ2n) is 6.63. The van der Waals surface area contributed by atoms with Gasteiger partial charge in [0.25, 0.3) is 5.91 Å². The maximum absolute atomic E-state index is 12.6. The van der Waals surface area contributed by atoms with Crippen LogP contribution in [0.3, 0.4) is 0 Å². The Morgan fingerprint density at radius 1 is 1.13 bits per heavy atom. The van der Waals surface area contributed by atoms with E-state index in [0.717, 1.165) is 22.6 Å². The molecular formula is C23H17ClN3O3-. The van der Waals surface area contributed by atoms with E-state index >= 15 is 0 Å². The topological polar surface area (TPSA) is 98.0 Å². The van der Waals surface area contributed by atoms with Gasteiger partial charge in [-0.2, -0.15) is 5.26 Å². The lowest BCUT2D eigenvalue weighted by Crippen LogP contribution is -2.22. The molecule has 0 aliphatic heterocycles. The third kappa shape index (κ3) is 4.43. The van der Waals surface area contributed by atoms with E-state index in [1.807, 2.05) is 42.7 Å². The highest BCUT2D eigenvalue weighted by Gasteiger charge is 2.14. The Hall–Kier alpha value is -3.82. The molecule has 0 aliphatic rings. The zero-order chi connectivity index (χ0) is 21.8. The van der Waals surface area contributed by atoms with E-state index < -0.39 is 11.9 Å². The molecule has 0 saturated heterocycles. The molecule has 7 heteroatoms. The molecule has 1 N–H and O–H groups in total. The summed E-state index contributed by atoms with van der Waals surface area (Å²) in [5.74, 6) is -1.99. The molecule has 0 spiro atoms. The van der Waals surface area contributed by atoms with Crippen molar-refractivity contribution in [3.8, 4) is 11.8 Å². The number of carboxylic acids is 1. The number of nitriles is 1. The van der Waals surface area contributed by atoms with Crippen LogP contribution in [0.1, 0.15) is 27.3 Å². The molecule has 0 unspecified atom stereocenters. The van der Waals surface area contributed by atoms with Gasteiger partial charge in [-0.1, -0.05) is 23.7 Å². The van der Waals surface area contributed by atoms with Crippen molar-refractivity contribution in [1.29, 1.82) is 5.26 Å². The molecule has 1 heterocycles. The number of rotatable bonds is 5.